The Morgan fingerprint density at radius 1 is 1.59 bits per heavy atom. The Hall–Kier alpha value is -0.910. The Morgan fingerprint density at radius 2 is 2.35 bits per heavy atom. The quantitative estimate of drug-likeness (QED) is 0.752. The molecule has 3 N–H and O–H groups in total. The molecule has 94 valence electrons. The summed E-state index contributed by atoms with van der Waals surface area (Å²) in [5.74, 6) is -0.440. The number of rotatable bonds is 7. The van der Waals surface area contributed by atoms with E-state index in [4.69, 9.17) is 10.5 Å². The fraction of sp³-hybridized carbons (Fsp3) is 0.417. The van der Waals surface area contributed by atoms with Gasteiger partial charge in [-0.15, -0.1) is 0 Å². The number of carbonyl (C=O) groups is 1. The third-order valence-electron chi connectivity index (χ3n) is 2.29. The van der Waals surface area contributed by atoms with Crippen molar-refractivity contribution in [2.45, 2.75) is 13.0 Å². The predicted molar refractivity (Wildman–Crippen MR) is 70.6 cm³/mol. The average Bonchev–Trinajstić information content (AvgIpc) is 2.28. The van der Waals surface area contributed by atoms with Crippen LogP contribution < -0.4 is 11.1 Å². The van der Waals surface area contributed by atoms with Crippen molar-refractivity contribution in [2.75, 3.05) is 19.8 Å². The Labute approximate surface area is 110 Å². The number of hydrogen-bond donors (Lipinski definition) is 2. The van der Waals surface area contributed by atoms with Crippen LogP contribution in [-0.2, 0) is 9.53 Å². The molecule has 0 saturated carbocycles. The summed E-state index contributed by atoms with van der Waals surface area (Å²) in [6, 6.07) is 8.37. The van der Waals surface area contributed by atoms with Crippen molar-refractivity contribution in [1.82, 2.24) is 5.32 Å². The Bertz CT molecular complexity index is 371. The molecule has 0 aliphatic rings. The molecule has 0 saturated heterocycles. The Morgan fingerprint density at radius 3 is 3.00 bits per heavy atom. The zero-order valence-electron chi connectivity index (χ0n) is 9.78. The van der Waals surface area contributed by atoms with Gasteiger partial charge in [-0.2, -0.15) is 0 Å². The van der Waals surface area contributed by atoms with Crippen LogP contribution in [0.3, 0.4) is 0 Å². The van der Waals surface area contributed by atoms with Gasteiger partial charge in [0.15, 0.2) is 0 Å². The highest BCUT2D eigenvalue weighted by molar-refractivity contribution is 9.10. The first-order valence-electron chi connectivity index (χ1n) is 5.44. The first-order valence-corrected chi connectivity index (χ1v) is 6.24. The maximum Gasteiger partial charge on any atom is 0.243 e. The zero-order valence-corrected chi connectivity index (χ0v) is 11.4. The summed E-state index contributed by atoms with van der Waals surface area (Å²) in [4.78, 5) is 10.4. The molecule has 5 heteroatoms. The predicted octanol–water partition coefficient (Wildman–Crippen LogP) is 1.60. The second-order valence-corrected chi connectivity index (χ2v) is 4.67. The highest BCUT2D eigenvalue weighted by Crippen LogP contribution is 2.17. The smallest absolute Gasteiger partial charge is 0.243 e. The van der Waals surface area contributed by atoms with Crippen molar-refractivity contribution in [3.63, 3.8) is 0 Å². The molecule has 0 aliphatic carbocycles. The van der Waals surface area contributed by atoms with Crippen LogP contribution in [-0.4, -0.2) is 25.7 Å². The number of ether oxygens (including phenoxy) is 1. The molecule has 1 atom stereocenters. The second-order valence-electron chi connectivity index (χ2n) is 3.75. The summed E-state index contributed by atoms with van der Waals surface area (Å²) in [7, 11) is 0. The van der Waals surface area contributed by atoms with Crippen LogP contribution in [0, 0.1) is 0 Å². The molecule has 1 amide bonds. The molecule has 17 heavy (non-hydrogen) atoms. The third kappa shape index (κ3) is 5.81. The molecular weight excluding hydrogens is 284 g/mol. The van der Waals surface area contributed by atoms with Crippen molar-refractivity contribution in [3.05, 3.63) is 34.3 Å². The molecule has 0 fully saturated rings. The highest BCUT2D eigenvalue weighted by atomic mass is 79.9. The molecule has 1 aromatic rings. The van der Waals surface area contributed by atoms with Gasteiger partial charge in [-0.1, -0.05) is 28.1 Å². The van der Waals surface area contributed by atoms with E-state index in [2.05, 4.69) is 40.3 Å². The summed E-state index contributed by atoms with van der Waals surface area (Å²) in [5, 5.41) is 3.30. The summed E-state index contributed by atoms with van der Waals surface area (Å²) in [6.45, 7) is 3.21. The third-order valence-corrected chi connectivity index (χ3v) is 2.78. The summed E-state index contributed by atoms with van der Waals surface area (Å²) < 4.78 is 6.12. The number of primary amides is 1. The van der Waals surface area contributed by atoms with E-state index >= 15 is 0 Å². The van der Waals surface area contributed by atoms with Gasteiger partial charge in [-0.3, -0.25) is 4.79 Å². The molecule has 1 aromatic carbocycles. The summed E-state index contributed by atoms with van der Waals surface area (Å²) >= 11 is 3.44. The SMILES string of the molecule is CC(NCCOCC(N)=O)c1cccc(Br)c1. The van der Waals surface area contributed by atoms with E-state index in [1.807, 2.05) is 12.1 Å². The molecule has 0 aromatic heterocycles. The van der Waals surface area contributed by atoms with Crippen molar-refractivity contribution in [1.29, 1.82) is 0 Å². The van der Waals surface area contributed by atoms with Gasteiger partial charge in [-0.05, 0) is 24.6 Å². The van der Waals surface area contributed by atoms with Crippen molar-refractivity contribution in [3.8, 4) is 0 Å². The standard InChI is InChI=1S/C12H17BrN2O2/c1-9(10-3-2-4-11(13)7-10)15-5-6-17-8-12(14)16/h2-4,7,9,15H,5-6,8H2,1H3,(H2,14,16). The summed E-state index contributed by atoms with van der Waals surface area (Å²) in [5.41, 5.74) is 6.16. The van der Waals surface area contributed by atoms with Crippen LogP contribution in [0.25, 0.3) is 0 Å². The molecular formula is C12H17BrN2O2. The van der Waals surface area contributed by atoms with Gasteiger partial charge in [0.05, 0.1) is 6.61 Å². The van der Waals surface area contributed by atoms with Gasteiger partial charge >= 0.3 is 0 Å². The first kappa shape index (κ1) is 14.2. The van der Waals surface area contributed by atoms with Gasteiger partial charge in [0.2, 0.25) is 5.91 Å². The lowest BCUT2D eigenvalue weighted by Gasteiger charge is -2.14. The number of amides is 1. The number of hydrogen-bond acceptors (Lipinski definition) is 3. The number of benzene rings is 1. The molecule has 0 heterocycles. The molecule has 4 nitrogen and oxygen atoms in total. The van der Waals surface area contributed by atoms with E-state index in [1.54, 1.807) is 0 Å². The van der Waals surface area contributed by atoms with Crippen LogP contribution in [0.4, 0.5) is 0 Å². The van der Waals surface area contributed by atoms with E-state index in [-0.39, 0.29) is 12.6 Å². The summed E-state index contributed by atoms with van der Waals surface area (Å²) in [6.07, 6.45) is 0. The van der Waals surface area contributed by atoms with Crippen molar-refractivity contribution < 1.29 is 9.53 Å². The monoisotopic (exact) mass is 300 g/mol. The molecule has 0 bridgehead atoms. The Kier molecular flexibility index (Phi) is 6.18. The van der Waals surface area contributed by atoms with Gasteiger partial charge in [-0.25, -0.2) is 0 Å². The maximum atomic E-state index is 10.4. The van der Waals surface area contributed by atoms with E-state index in [0.717, 1.165) is 4.47 Å². The van der Waals surface area contributed by atoms with Crippen LogP contribution in [0.5, 0.6) is 0 Å². The number of nitrogens with one attached hydrogen (secondary N) is 1. The largest absolute Gasteiger partial charge is 0.370 e. The van der Waals surface area contributed by atoms with E-state index < -0.39 is 5.91 Å². The van der Waals surface area contributed by atoms with Crippen LogP contribution in [0.2, 0.25) is 0 Å². The van der Waals surface area contributed by atoms with Crippen LogP contribution >= 0.6 is 15.9 Å². The Balaban J connectivity index is 2.25. The highest BCUT2D eigenvalue weighted by Gasteiger charge is 2.04. The zero-order chi connectivity index (χ0) is 12.7. The molecule has 1 unspecified atom stereocenters. The topological polar surface area (TPSA) is 64.3 Å². The van der Waals surface area contributed by atoms with Gasteiger partial charge in [0.1, 0.15) is 6.61 Å². The first-order chi connectivity index (χ1) is 8.09. The fourth-order valence-corrected chi connectivity index (χ4v) is 1.83. The lowest BCUT2D eigenvalue weighted by atomic mass is 10.1. The minimum atomic E-state index is -0.440. The fourth-order valence-electron chi connectivity index (χ4n) is 1.41. The van der Waals surface area contributed by atoms with E-state index in [9.17, 15) is 4.79 Å². The number of carbonyl (C=O) groups excluding carboxylic acids is 1. The maximum absolute atomic E-state index is 10.4. The number of halogens is 1. The van der Waals surface area contributed by atoms with Crippen molar-refractivity contribution in [2.24, 2.45) is 5.73 Å². The lowest BCUT2D eigenvalue weighted by Crippen LogP contribution is -2.25. The number of nitrogens with two attached hydrogens (primary N) is 1. The second kappa shape index (κ2) is 7.42. The molecule has 0 spiro atoms. The average molecular weight is 301 g/mol. The van der Waals surface area contributed by atoms with Gasteiger partial charge in [0, 0.05) is 17.1 Å². The van der Waals surface area contributed by atoms with E-state index in [0.29, 0.717) is 13.2 Å². The molecule has 1 rings (SSSR count). The van der Waals surface area contributed by atoms with Gasteiger partial charge in [0.25, 0.3) is 0 Å². The van der Waals surface area contributed by atoms with Crippen LogP contribution in [0.1, 0.15) is 18.5 Å². The lowest BCUT2D eigenvalue weighted by molar-refractivity contribution is -0.122. The van der Waals surface area contributed by atoms with Gasteiger partial charge < -0.3 is 15.8 Å². The molecule has 0 radical (unpaired) electrons. The minimum absolute atomic E-state index is 0.0209. The minimum Gasteiger partial charge on any atom is -0.370 e. The normalized spacial score (nSPS) is 12.4. The van der Waals surface area contributed by atoms with Crippen LogP contribution in [0.15, 0.2) is 28.7 Å². The van der Waals surface area contributed by atoms with Crippen molar-refractivity contribution >= 4 is 21.8 Å². The van der Waals surface area contributed by atoms with E-state index in [1.165, 1.54) is 5.56 Å². The molecule has 0 aliphatic heterocycles.